The van der Waals surface area contributed by atoms with Crippen LogP contribution in [0.4, 0.5) is 4.39 Å². The van der Waals surface area contributed by atoms with Gasteiger partial charge >= 0.3 is 5.97 Å². The summed E-state index contributed by atoms with van der Waals surface area (Å²) < 4.78 is 17.7. The Bertz CT molecular complexity index is 571. The van der Waals surface area contributed by atoms with E-state index < -0.39 is 11.9 Å². The molecule has 0 N–H and O–H groups in total. The van der Waals surface area contributed by atoms with Crippen LogP contribution in [-0.4, -0.2) is 29.7 Å². The molecule has 1 heterocycles. The standard InChI is InChI=1S/C14H15FN2O3/c1-9-12(7-13(18)20-2)14(19)17(16-9)8-10-4-3-5-11(15)6-10/h3-6,12H,7-8H2,1-2H3. The number of nitrogens with zero attached hydrogens (tertiary/aromatic N) is 2. The highest BCUT2D eigenvalue weighted by Crippen LogP contribution is 2.21. The summed E-state index contributed by atoms with van der Waals surface area (Å²) in [5, 5.41) is 5.40. The van der Waals surface area contributed by atoms with Crippen molar-refractivity contribution in [2.45, 2.75) is 19.9 Å². The van der Waals surface area contributed by atoms with Crippen molar-refractivity contribution in [3.8, 4) is 0 Å². The first-order chi connectivity index (χ1) is 9.51. The molecular weight excluding hydrogens is 263 g/mol. The minimum Gasteiger partial charge on any atom is -0.469 e. The minimum absolute atomic E-state index is 0.0235. The van der Waals surface area contributed by atoms with Gasteiger partial charge in [0.25, 0.3) is 5.91 Å². The van der Waals surface area contributed by atoms with Crippen molar-refractivity contribution < 1.29 is 18.7 Å². The molecule has 20 heavy (non-hydrogen) atoms. The first-order valence-corrected chi connectivity index (χ1v) is 6.19. The van der Waals surface area contributed by atoms with E-state index in [0.29, 0.717) is 11.3 Å². The predicted octanol–water partition coefficient (Wildman–Crippen LogP) is 1.72. The monoisotopic (exact) mass is 278 g/mol. The second-order valence-corrected chi connectivity index (χ2v) is 4.60. The quantitative estimate of drug-likeness (QED) is 0.788. The molecule has 0 spiro atoms. The van der Waals surface area contributed by atoms with Crippen LogP contribution >= 0.6 is 0 Å². The Morgan fingerprint density at radius 3 is 2.90 bits per heavy atom. The molecule has 2 rings (SSSR count). The van der Waals surface area contributed by atoms with Gasteiger partial charge in [-0.15, -0.1) is 0 Å². The third kappa shape index (κ3) is 3.01. The zero-order valence-corrected chi connectivity index (χ0v) is 11.3. The predicted molar refractivity (Wildman–Crippen MR) is 70.2 cm³/mol. The summed E-state index contributed by atoms with van der Waals surface area (Å²) in [5.41, 5.74) is 1.21. The zero-order valence-electron chi connectivity index (χ0n) is 11.3. The highest BCUT2D eigenvalue weighted by Gasteiger charge is 2.35. The molecule has 0 saturated heterocycles. The van der Waals surface area contributed by atoms with E-state index in [1.165, 1.54) is 24.3 Å². The molecular formula is C14H15FN2O3. The number of hydrogen-bond donors (Lipinski definition) is 0. The smallest absolute Gasteiger partial charge is 0.306 e. The Labute approximate surface area is 116 Å². The van der Waals surface area contributed by atoms with Crippen LogP contribution in [0.2, 0.25) is 0 Å². The van der Waals surface area contributed by atoms with Crippen molar-refractivity contribution in [3.63, 3.8) is 0 Å². The number of hydrogen-bond acceptors (Lipinski definition) is 4. The summed E-state index contributed by atoms with van der Waals surface area (Å²) in [5.74, 6) is -1.67. The van der Waals surface area contributed by atoms with Crippen LogP contribution in [0.25, 0.3) is 0 Å². The molecule has 5 nitrogen and oxygen atoms in total. The summed E-state index contributed by atoms with van der Waals surface area (Å²) in [6.45, 7) is 1.88. The van der Waals surface area contributed by atoms with Gasteiger partial charge in [-0.1, -0.05) is 12.1 Å². The largest absolute Gasteiger partial charge is 0.469 e. The van der Waals surface area contributed by atoms with Gasteiger partial charge in [0.1, 0.15) is 5.82 Å². The van der Waals surface area contributed by atoms with Gasteiger partial charge in [-0.05, 0) is 24.6 Å². The van der Waals surface area contributed by atoms with Crippen LogP contribution in [0, 0.1) is 11.7 Å². The number of amides is 1. The van der Waals surface area contributed by atoms with Gasteiger partial charge in [0.05, 0.1) is 26.0 Å². The minimum atomic E-state index is -0.587. The van der Waals surface area contributed by atoms with Crippen LogP contribution in [0.1, 0.15) is 18.9 Å². The number of hydrazone groups is 1. The van der Waals surface area contributed by atoms with Crippen LogP contribution in [-0.2, 0) is 20.9 Å². The van der Waals surface area contributed by atoms with Gasteiger partial charge in [-0.2, -0.15) is 5.10 Å². The van der Waals surface area contributed by atoms with Crippen LogP contribution < -0.4 is 0 Å². The van der Waals surface area contributed by atoms with Crippen molar-refractivity contribution >= 4 is 17.6 Å². The maximum Gasteiger partial charge on any atom is 0.306 e. The van der Waals surface area contributed by atoms with Gasteiger partial charge in [-0.3, -0.25) is 9.59 Å². The molecule has 106 valence electrons. The van der Waals surface area contributed by atoms with Crippen LogP contribution in [0.5, 0.6) is 0 Å². The molecule has 0 fully saturated rings. The van der Waals surface area contributed by atoms with E-state index in [-0.39, 0.29) is 24.7 Å². The molecule has 1 aliphatic heterocycles. The van der Waals surface area contributed by atoms with E-state index >= 15 is 0 Å². The SMILES string of the molecule is COC(=O)CC1C(=O)N(Cc2cccc(F)c2)N=C1C. The lowest BCUT2D eigenvalue weighted by molar-refractivity contribution is -0.144. The average molecular weight is 278 g/mol. The molecule has 1 aromatic carbocycles. The third-order valence-corrected chi connectivity index (χ3v) is 3.16. The summed E-state index contributed by atoms with van der Waals surface area (Å²) in [6.07, 6.45) is -0.0235. The lowest BCUT2D eigenvalue weighted by Crippen LogP contribution is -2.28. The topological polar surface area (TPSA) is 59.0 Å². The molecule has 1 atom stereocenters. The van der Waals surface area contributed by atoms with Crippen molar-refractivity contribution in [2.75, 3.05) is 7.11 Å². The molecule has 6 heteroatoms. The van der Waals surface area contributed by atoms with E-state index in [2.05, 4.69) is 9.84 Å². The second-order valence-electron chi connectivity index (χ2n) is 4.60. The van der Waals surface area contributed by atoms with Crippen molar-refractivity contribution in [1.29, 1.82) is 0 Å². The lowest BCUT2D eigenvalue weighted by Gasteiger charge is -2.14. The molecule has 0 aliphatic carbocycles. The fourth-order valence-corrected chi connectivity index (χ4v) is 2.07. The van der Waals surface area contributed by atoms with Crippen LogP contribution in [0.15, 0.2) is 29.4 Å². The number of ether oxygens (including phenoxy) is 1. The van der Waals surface area contributed by atoms with E-state index in [0.717, 1.165) is 0 Å². The molecule has 1 aliphatic rings. The highest BCUT2D eigenvalue weighted by molar-refractivity contribution is 6.08. The molecule has 0 bridgehead atoms. The number of rotatable bonds is 4. The number of carbonyl (C=O) groups excluding carboxylic acids is 2. The molecule has 1 amide bonds. The number of esters is 1. The maximum absolute atomic E-state index is 13.1. The lowest BCUT2D eigenvalue weighted by atomic mass is 10.0. The molecule has 1 unspecified atom stereocenters. The van der Waals surface area contributed by atoms with Gasteiger partial charge in [0.2, 0.25) is 0 Å². The van der Waals surface area contributed by atoms with Gasteiger partial charge in [0, 0.05) is 5.71 Å². The summed E-state index contributed by atoms with van der Waals surface area (Å²) in [4.78, 5) is 23.4. The molecule has 0 aromatic heterocycles. The number of benzene rings is 1. The van der Waals surface area contributed by atoms with E-state index in [1.54, 1.807) is 19.1 Å². The van der Waals surface area contributed by atoms with Crippen molar-refractivity contribution in [3.05, 3.63) is 35.6 Å². The first-order valence-electron chi connectivity index (χ1n) is 6.19. The maximum atomic E-state index is 13.1. The molecule has 0 radical (unpaired) electrons. The Hall–Kier alpha value is -2.24. The van der Waals surface area contributed by atoms with E-state index in [1.807, 2.05) is 0 Å². The summed E-state index contributed by atoms with van der Waals surface area (Å²) >= 11 is 0. The first kappa shape index (κ1) is 14.2. The van der Waals surface area contributed by atoms with Gasteiger partial charge in [-0.25, -0.2) is 9.40 Å². The second kappa shape index (κ2) is 5.81. The van der Waals surface area contributed by atoms with Gasteiger partial charge < -0.3 is 4.74 Å². The fourth-order valence-electron chi connectivity index (χ4n) is 2.07. The van der Waals surface area contributed by atoms with Crippen molar-refractivity contribution in [2.24, 2.45) is 11.0 Å². The third-order valence-electron chi connectivity index (χ3n) is 3.16. The number of methoxy groups -OCH3 is 1. The van der Waals surface area contributed by atoms with E-state index in [4.69, 9.17) is 0 Å². The zero-order chi connectivity index (χ0) is 14.7. The normalized spacial score (nSPS) is 18.1. The van der Waals surface area contributed by atoms with Gasteiger partial charge in [0.15, 0.2) is 0 Å². The van der Waals surface area contributed by atoms with Crippen LogP contribution in [0.3, 0.4) is 0 Å². The summed E-state index contributed by atoms with van der Waals surface area (Å²) in [6, 6.07) is 5.98. The fraction of sp³-hybridized carbons (Fsp3) is 0.357. The Morgan fingerprint density at radius 2 is 2.25 bits per heavy atom. The molecule has 0 saturated carbocycles. The Kier molecular flexibility index (Phi) is 4.12. The Balaban J connectivity index is 2.08. The highest BCUT2D eigenvalue weighted by atomic mass is 19.1. The summed E-state index contributed by atoms with van der Waals surface area (Å²) in [7, 11) is 1.28. The van der Waals surface area contributed by atoms with E-state index in [9.17, 15) is 14.0 Å². The molecule has 1 aromatic rings. The van der Waals surface area contributed by atoms with Crippen molar-refractivity contribution in [1.82, 2.24) is 5.01 Å². The number of carbonyl (C=O) groups is 2. The average Bonchev–Trinajstić information content (AvgIpc) is 2.66. The number of halogens is 1. The Morgan fingerprint density at radius 1 is 1.50 bits per heavy atom.